The highest BCUT2D eigenvalue weighted by molar-refractivity contribution is 5.92. The summed E-state index contributed by atoms with van der Waals surface area (Å²) < 4.78 is 11.5. The van der Waals surface area contributed by atoms with Crippen LogP contribution in [0, 0.1) is 18.3 Å². The first kappa shape index (κ1) is 20.6. The standard InChI is InChI=1S/C20H27N3O4/c1-14-13-15(22-18(24)7-10-21)5-6-17(14)26-16-8-11-23(12-9-16)19(25)27-20(2,3)4/h5-6,13,16H,7-9,11-12H2,1-4H3,(H,22,24). The molecule has 7 nitrogen and oxygen atoms in total. The third kappa shape index (κ3) is 6.48. The topological polar surface area (TPSA) is 91.7 Å². The molecule has 7 heteroatoms. The zero-order valence-electron chi connectivity index (χ0n) is 16.4. The normalized spacial score (nSPS) is 15.0. The minimum absolute atomic E-state index is 0.0291. The molecule has 0 aliphatic carbocycles. The van der Waals surface area contributed by atoms with Crippen molar-refractivity contribution >= 4 is 17.7 Å². The van der Waals surface area contributed by atoms with Gasteiger partial charge in [0.2, 0.25) is 5.91 Å². The lowest BCUT2D eigenvalue weighted by atomic mass is 10.1. The fourth-order valence-corrected chi connectivity index (χ4v) is 2.80. The Morgan fingerprint density at radius 1 is 1.30 bits per heavy atom. The molecule has 2 amide bonds. The van der Waals surface area contributed by atoms with Gasteiger partial charge in [-0.25, -0.2) is 4.79 Å². The van der Waals surface area contributed by atoms with E-state index in [0.29, 0.717) is 18.8 Å². The molecule has 1 aliphatic heterocycles. The summed E-state index contributed by atoms with van der Waals surface area (Å²) in [6.45, 7) is 8.68. The number of nitrogens with zero attached hydrogens (tertiary/aromatic N) is 2. The molecule has 0 atom stereocenters. The lowest BCUT2D eigenvalue weighted by molar-refractivity contribution is -0.115. The van der Waals surface area contributed by atoms with E-state index in [1.54, 1.807) is 11.0 Å². The molecule has 2 rings (SSSR count). The van der Waals surface area contributed by atoms with Crippen LogP contribution >= 0.6 is 0 Å². The van der Waals surface area contributed by atoms with E-state index in [-0.39, 0.29) is 24.5 Å². The fraction of sp³-hybridized carbons (Fsp3) is 0.550. The van der Waals surface area contributed by atoms with Gasteiger partial charge in [0, 0.05) is 31.6 Å². The van der Waals surface area contributed by atoms with Gasteiger partial charge in [0.05, 0.1) is 6.07 Å². The first-order chi connectivity index (χ1) is 12.7. The minimum Gasteiger partial charge on any atom is -0.490 e. The Kier molecular flexibility index (Phi) is 6.67. The second-order valence-corrected chi connectivity index (χ2v) is 7.65. The molecule has 0 saturated carbocycles. The molecule has 0 aromatic heterocycles. The summed E-state index contributed by atoms with van der Waals surface area (Å²) in [6.07, 6.45) is 1.04. The van der Waals surface area contributed by atoms with E-state index in [1.165, 1.54) is 0 Å². The van der Waals surface area contributed by atoms with Crippen LogP contribution in [-0.2, 0) is 9.53 Å². The Morgan fingerprint density at radius 3 is 2.52 bits per heavy atom. The first-order valence-corrected chi connectivity index (χ1v) is 9.10. The van der Waals surface area contributed by atoms with Crippen LogP contribution in [0.15, 0.2) is 18.2 Å². The van der Waals surface area contributed by atoms with Crippen molar-refractivity contribution in [1.29, 1.82) is 5.26 Å². The van der Waals surface area contributed by atoms with Crippen molar-refractivity contribution in [2.45, 2.75) is 58.7 Å². The van der Waals surface area contributed by atoms with Crippen molar-refractivity contribution in [1.82, 2.24) is 4.90 Å². The second kappa shape index (κ2) is 8.76. The predicted molar refractivity (Wildman–Crippen MR) is 101 cm³/mol. The summed E-state index contributed by atoms with van der Waals surface area (Å²) in [5.41, 5.74) is 1.05. The van der Waals surface area contributed by atoms with Crippen molar-refractivity contribution in [3.8, 4) is 11.8 Å². The van der Waals surface area contributed by atoms with Crippen LogP contribution in [0.5, 0.6) is 5.75 Å². The third-order valence-electron chi connectivity index (χ3n) is 4.09. The van der Waals surface area contributed by atoms with Gasteiger partial charge in [-0.3, -0.25) is 4.79 Å². The summed E-state index contributed by atoms with van der Waals surface area (Å²) in [4.78, 5) is 25.3. The number of nitrogens with one attached hydrogen (secondary N) is 1. The van der Waals surface area contributed by atoms with Crippen LogP contribution in [0.2, 0.25) is 0 Å². The number of anilines is 1. The molecule has 1 saturated heterocycles. The van der Waals surface area contributed by atoms with E-state index < -0.39 is 5.60 Å². The zero-order chi connectivity index (χ0) is 20.0. The highest BCUT2D eigenvalue weighted by Gasteiger charge is 2.27. The average Bonchev–Trinajstić information content (AvgIpc) is 2.56. The number of aryl methyl sites for hydroxylation is 1. The third-order valence-corrected chi connectivity index (χ3v) is 4.09. The Morgan fingerprint density at radius 2 is 1.96 bits per heavy atom. The van der Waals surface area contributed by atoms with Crippen molar-refractivity contribution in [3.05, 3.63) is 23.8 Å². The Balaban J connectivity index is 1.87. The van der Waals surface area contributed by atoms with Gasteiger partial charge in [0.15, 0.2) is 0 Å². The van der Waals surface area contributed by atoms with E-state index in [2.05, 4.69) is 5.32 Å². The van der Waals surface area contributed by atoms with E-state index in [4.69, 9.17) is 14.7 Å². The molecule has 0 spiro atoms. The number of hydrogen-bond donors (Lipinski definition) is 1. The van der Waals surface area contributed by atoms with Gasteiger partial charge < -0.3 is 19.7 Å². The Labute approximate surface area is 160 Å². The average molecular weight is 373 g/mol. The van der Waals surface area contributed by atoms with Crippen LogP contribution < -0.4 is 10.1 Å². The molecule has 1 fully saturated rings. The van der Waals surface area contributed by atoms with Crippen LogP contribution in [0.3, 0.4) is 0 Å². The maximum atomic E-state index is 12.1. The summed E-state index contributed by atoms with van der Waals surface area (Å²) in [5.74, 6) is 0.420. The molecule has 0 unspecified atom stereocenters. The number of ether oxygens (including phenoxy) is 2. The van der Waals surface area contributed by atoms with Crippen molar-refractivity contribution in [2.75, 3.05) is 18.4 Å². The molecular weight excluding hydrogens is 346 g/mol. The van der Waals surface area contributed by atoms with E-state index in [0.717, 1.165) is 24.2 Å². The maximum Gasteiger partial charge on any atom is 0.410 e. The molecule has 1 aromatic carbocycles. The number of rotatable bonds is 4. The summed E-state index contributed by atoms with van der Waals surface area (Å²) in [5, 5.41) is 11.2. The minimum atomic E-state index is -0.494. The SMILES string of the molecule is Cc1cc(NC(=O)CC#N)ccc1OC1CCN(C(=O)OC(C)(C)C)CC1. The number of likely N-dealkylation sites (tertiary alicyclic amines) is 1. The van der Waals surface area contributed by atoms with Gasteiger partial charge in [0.1, 0.15) is 23.9 Å². The van der Waals surface area contributed by atoms with Crippen LogP contribution in [0.25, 0.3) is 0 Å². The highest BCUT2D eigenvalue weighted by Crippen LogP contribution is 2.26. The van der Waals surface area contributed by atoms with Gasteiger partial charge in [0.25, 0.3) is 0 Å². The number of hydrogen-bond acceptors (Lipinski definition) is 5. The molecule has 1 N–H and O–H groups in total. The van der Waals surface area contributed by atoms with Gasteiger partial charge >= 0.3 is 6.09 Å². The smallest absolute Gasteiger partial charge is 0.410 e. The van der Waals surface area contributed by atoms with Crippen LogP contribution in [-0.4, -0.2) is 41.7 Å². The quantitative estimate of drug-likeness (QED) is 0.870. The molecule has 0 bridgehead atoms. The molecule has 146 valence electrons. The van der Waals surface area contributed by atoms with E-state index in [1.807, 2.05) is 45.9 Å². The zero-order valence-corrected chi connectivity index (χ0v) is 16.4. The molecule has 0 radical (unpaired) electrons. The van der Waals surface area contributed by atoms with Gasteiger partial charge in [-0.1, -0.05) is 0 Å². The van der Waals surface area contributed by atoms with E-state index >= 15 is 0 Å². The van der Waals surface area contributed by atoms with Crippen LogP contribution in [0.4, 0.5) is 10.5 Å². The van der Waals surface area contributed by atoms with Crippen molar-refractivity contribution < 1.29 is 19.1 Å². The molecule has 1 aliphatic rings. The van der Waals surface area contributed by atoms with Gasteiger partial charge in [-0.15, -0.1) is 0 Å². The first-order valence-electron chi connectivity index (χ1n) is 9.10. The number of carbonyl (C=O) groups excluding carboxylic acids is 2. The molecular formula is C20H27N3O4. The summed E-state index contributed by atoms with van der Waals surface area (Å²) in [7, 11) is 0. The molecule has 27 heavy (non-hydrogen) atoms. The maximum absolute atomic E-state index is 12.1. The highest BCUT2D eigenvalue weighted by atomic mass is 16.6. The van der Waals surface area contributed by atoms with Gasteiger partial charge in [-0.2, -0.15) is 5.26 Å². The number of nitriles is 1. The number of piperidine rings is 1. The molecule has 1 heterocycles. The Bertz CT molecular complexity index is 726. The Hall–Kier alpha value is -2.75. The van der Waals surface area contributed by atoms with Crippen LogP contribution in [0.1, 0.15) is 45.6 Å². The largest absolute Gasteiger partial charge is 0.490 e. The van der Waals surface area contributed by atoms with E-state index in [9.17, 15) is 9.59 Å². The van der Waals surface area contributed by atoms with Crippen molar-refractivity contribution in [3.63, 3.8) is 0 Å². The summed E-state index contributed by atoms with van der Waals surface area (Å²) >= 11 is 0. The monoisotopic (exact) mass is 373 g/mol. The summed E-state index contributed by atoms with van der Waals surface area (Å²) in [6, 6.07) is 7.21. The fourth-order valence-electron chi connectivity index (χ4n) is 2.80. The predicted octanol–water partition coefficient (Wildman–Crippen LogP) is 3.63. The van der Waals surface area contributed by atoms with Crippen molar-refractivity contribution in [2.24, 2.45) is 0 Å². The second-order valence-electron chi connectivity index (χ2n) is 7.65. The lowest BCUT2D eigenvalue weighted by Gasteiger charge is -2.33. The van der Waals surface area contributed by atoms with Gasteiger partial charge in [-0.05, 0) is 51.5 Å². The molecule has 1 aromatic rings. The number of benzene rings is 1. The lowest BCUT2D eigenvalue weighted by Crippen LogP contribution is -2.44. The number of carbonyl (C=O) groups is 2. The number of amides is 2.